The van der Waals surface area contributed by atoms with Crippen LogP contribution in [0.15, 0.2) is 83.3 Å². The van der Waals surface area contributed by atoms with Gasteiger partial charge >= 0.3 is 0 Å². The number of hydrogen-bond donors (Lipinski definition) is 3. The summed E-state index contributed by atoms with van der Waals surface area (Å²) in [4.78, 5) is 25.6. The third kappa shape index (κ3) is 8.37. The predicted molar refractivity (Wildman–Crippen MR) is 161 cm³/mol. The summed E-state index contributed by atoms with van der Waals surface area (Å²) in [5, 5.41) is 6.78. The average Bonchev–Trinajstić information content (AvgIpc) is 3.39. The van der Waals surface area contributed by atoms with Crippen molar-refractivity contribution in [2.75, 3.05) is 17.6 Å². The number of benzene rings is 3. The quantitative estimate of drug-likeness (QED) is 0.116. The normalized spacial score (nSPS) is 12.7. The Labute approximate surface area is 237 Å². The van der Waals surface area contributed by atoms with Crippen molar-refractivity contribution in [2.24, 2.45) is 5.92 Å². The molecule has 3 aromatic carbocycles. The maximum absolute atomic E-state index is 13.4. The van der Waals surface area contributed by atoms with Gasteiger partial charge in [0.05, 0.1) is 5.75 Å². The van der Waals surface area contributed by atoms with Crippen LogP contribution in [-0.2, 0) is 22.3 Å². The standard InChI is InChI=1S/C32H36N2O5S/c1-2-3-4-5-9-27(21-23-11-13-25(14-12-23)31(35)33-19-20-40(37)38)32(36)34-28-17-15-24(16-18-28)30-22-26-8-6-7-10-29(26)39-30/h6-8,10-18,22,27H,2-5,9,19-21H2,1H3,(H,33,35)(H,34,36)(H,37,38). The number of hydrogen-bond acceptors (Lipinski definition) is 4. The lowest BCUT2D eigenvalue weighted by atomic mass is 9.92. The van der Waals surface area contributed by atoms with Gasteiger partial charge in [0.25, 0.3) is 5.91 Å². The number of unbranched alkanes of at least 4 members (excludes halogenated alkanes) is 3. The summed E-state index contributed by atoms with van der Waals surface area (Å²) >= 11 is -1.94. The first-order valence-electron chi connectivity index (χ1n) is 13.8. The van der Waals surface area contributed by atoms with Gasteiger partial charge < -0.3 is 19.6 Å². The lowest BCUT2D eigenvalue weighted by Crippen LogP contribution is -2.27. The highest BCUT2D eigenvalue weighted by atomic mass is 32.2. The van der Waals surface area contributed by atoms with Gasteiger partial charge in [-0.25, -0.2) is 4.21 Å². The third-order valence-electron chi connectivity index (χ3n) is 6.90. The van der Waals surface area contributed by atoms with Crippen LogP contribution >= 0.6 is 0 Å². The lowest BCUT2D eigenvalue weighted by Gasteiger charge is -2.17. The first-order chi connectivity index (χ1) is 19.4. The Bertz CT molecular complexity index is 1400. The Hall–Kier alpha value is -3.75. The summed E-state index contributed by atoms with van der Waals surface area (Å²) in [6.07, 6.45) is 5.69. The van der Waals surface area contributed by atoms with Crippen LogP contribution in [0.4, 0.5) is 5.69 Å². The van der Waals surface area contributed by atoms with Crippen molar-refractivity contribution >= 4 is 39.6 Å². The van der Waals surface area contributed by atoms with E-state index in [4.69, 9.17) is 8.97 Å². The first-order valence-corrected chi connectivity index (χ1v) is 15.0. The van der Waals surface area contributed by atoms with Crippen LogP contribution in [0.25, 0.3) is 22.3 Å². The van der Waals surface area contributed by atoms with Crippen LogP contribution in [0.2, 0.25) is 0 Å². The molecule has 2 atom stereocenters. The van der Waals surface area contributed by atoms with Crippen molar-refractivity contribution in [2.45, 2.75) is 45.4 Å². The molecule has 0 spiro atoms. The van der Waals surface area contributed by atoms with E-state index in [0.29, 0.717) is 12.0 Å². The van der Waals surface area contributed by atoms with Gasteiger partial charge in [-0.1, -0.05) is 62.9 Å². The number of fused-ring (bicyclic) bond motifs is 1. The summed E-state index contributed by atoms with van der Waals surface area (Å²) in [5.74, 6) is 0.254. The fourth-order valence-electron chi connectivity index (χ4n) is 4.66. The van der Waals surface area contributed by atoms with E-state index in [9.17, 15) is 13.8 Å². The van der Waals surface area contributed by atoms with Crippen molar-refractivity contribution in [1.29, 1.82) is 0 Å². The molecule has 8 heteroatoms. The van der Waals surface area contributed by atoms with Gasteiger partial charge in [0.2, 0.25) is 5.91 Å². The molecule has 1 aromatic heterocycles. The van der Waals surface area contributed by atoms with Gasteiger partial charge in [0.15, 0.2) is 11.1 Å². The second-order valence-corrected chi connectivity index (χ2v) is 11.0. The molecule has 3 N–H and O–H groups in total. The minimum Gasteiger partial charge on any atom is -0.456 e. The van der Waals surface area contributed by atoms with Gasteiger partial charge in [0, 0.05) is 34.7 Å². The molecule has 4 aromatic rings. The van der Waals surface area contributed by atoms with E-state index in [-0.39, 0.29) is 30.0 Å². The highest BCUT2D eigenvalue weighted by Gasteiger charge is 2.20. The number of carbonyl (C=O) groups excluding carboxylic acids is 2. The minimum absolute atomic E-state index is 0.0126. The molecule has 0 bridgehead atoms. The summed E-state index contributed by atoms with van der Waals surface area (Å²) in [5.41, 5.74) is 3.97. The molecule has 0 aliphatic heterocycles. The first kappa shape index (κ1) is 29.2. The number of para-hydroxylation sites is 1. The van der Waals surface area contributed by atoms with E-state index in [0.717, 1.165) is 65.6 Å². The Kier molecular flexibility index (Phi) is 10.7. The molecular weight excluding hydrogens is 524 g/mol. The average molecular weight is 561 g/mol. The highest BCUT2D eigenvalue weighted by molar-refractivity contribution is 7.79. The van der Waals surface area contributed by atoms with E-state index in [2.05, 4.69) is 17.6 Å². The van der Waals surface area contributed by atoms with E-state index < -0.39 is 11.1 Å². The Balaban J connectivity index is 1.39. The molecule has 0 saturated heterocycles. The molecular formula is C32H36N2O5S. The van der Waals surface area contributed by atoms with E-state index in [1.807, 2.05) is 66.7 Å². The molecule has 0 fully saturated rings. The predicted octanol–water partition coefficient (Wildman–Crippen LogP) is 6.82. The van der Waals surface area contributed by atoms with Crippen LogP contribution in [0, 0.1) is 5.92 Å². The fourth-order valence-corrected chi connectivity index (χ4v) is 4.94. The van der Waals surface area contributed by atoms with Crippen molar-refractivity contribution in [1.82, 2.24) is 5.32 Å². The van der Waals surface area contributed by atoms with Crippen LogP contribution in [-0.4, -0.2) is 32.9 Å². The van der Waals surface area contributed by atoms with Gasteiger partial charge in [-0.2, -0.15) is 0 Å². The van der Waals surface area contributed by atoms with E-state index in [1.54, 1.807) is 12.1 Å². The van der Waals surface area contributed by atoms with Gasteiger partial charge in [-0.3, -0.25) is 9.59 Å². The van der Waals surface area contributed by atoms with Crippen molar-refractivity contribution in [3.05, 3.63) is 90.0 Å². The molecule has 0 aliphatic carbocycles. The SMILES string of the molecule is CCCCCCC(Cc1ccc(C(=O)NCCS(=O)O)cc1)C(=O)Nc1ccc(-c2cc3ccccc3o2)cc1. The van der Waals surface area contributed by atoms with Crippen molar-refractivity contribution in [3.63, 3.8) is 0 Å². The highest BCUT2D eigenvalue weighted by Crippen LogP contribution is 2.29. The molecule has 210 valence electrons. The van der Waals surface area contributed by atoms with Gasteiger partial charge in [-0.15, -0.1) is 0 Å². The number of furan rings is 1. The van der Waals surface area contributed by atoms with Crippen LogP contribution < -0.4 is 10.6 Å². The van der Waals surface area contributed by atoms with Crippen LogP contribution in [0.3, 0.4) is 0 Å². The number of carbonyl (C=O) groups is 2. The molecule has 40 heavy (non-hydrogen) atoms. The number of rotatable bonds is 14. The minimum atomic E-state index is -1.94. The summed E-state index contributed by atoms with van der Waals surface area (Å²) in [6, 6.07) is 24.8. The number of nitrogens with one attached hydrogen (secondary N) is 2. The summed E-state index contributed by atoms with van der Waals surface area (Å²) in [6.45, 7) is 2.29. The molecule has 7 nitrogen and oxygen atoms in total. The monoisotopic (exact) mass is 560 g/mol. The lowest BCUT2D eigenvalue weighted by molar-refractivity contribution is -0.120. The third-order valence-corrected chi connectivity index (χ3v) is 7.45. The topological polar surface area (TPSA) is 109 Å². The number of amides is 2. The Morgan fingerprint density at radius 2 is 1.70 bits per heavy atom. The summed E-state index contributed by atoms with van der Waals surface area (Å²) in [7, 11) is 0. The maximum Gasteiger partial charge on any atom is 0.251 e. The zero-order valence-electron chi connectivity index (χ0n) is 22.7. The van der Waals surface area contributed by atoms with Gasteiger partial charge in [0.1, 0.15) is 11.3 Å². The zero-order chi connectivity index (χ0) is 28.3. The molecule has 1 heterocycles. The Morgan fingerprint density at radius 1 is 0.950 bits per heavy atom. The smallest absolute Gasteiger partial charge is 0.251 e. The molecule has 2 amide bonds. The Morgan fingerprint density at radius 3 is 2.40 bits per heavy atom. The molecule has 0 radical (unpaired) electrons. The maximum atomic E-state index is 13.4. The molecule has 0 saturated carbocycles. The van der Waals surface area contributed by atoms with Gasteiger partial charge in [-0.05, 0) is 66.9 Å². The van der Waals surface area contributed by atoms with Crippen LogP contribution in [0.1, 0.15) is 54.9 Å². The second kappa shape index (κ2) is 14.6. The summed E-state index contributed by atoms with van der Waals surface area (Å²) < 4.78 is 25.6. The molecule has 2 unspecified atom stereocenters. The zero-order valence-corrected chi connectivity index (χ0v) is 23.5. The van der Waals surface area contributed by atoms with Crippen molar-refractivity contribution < 1.29 is 22.8 Å². The van der Waals surface area contributed by atoms with E-state index in [1.165, 1.54) is 0 Å². The molecule has 0 aliphatic rings. The van der Waals surface area contributed by atoms with Crippen molar-refractivity contribution in [3.8, 4) is 11.3 Å². The number of anilines is 1. The molecule has 4 rings (SSSR count). The van der Waals surface area contributed by atoms with E-state index >= 15 is 0 Å². The van der Waals surface area contributed by atoms with Crippen LogP contribution in [0.5, 0.6) is 0 Å². The fraction of sp³-hybridized carbons (Fsp3) is 0.312. The largest absolute Gasteiger partial charge is 0.456 e. The second-order valence-electron chi connectivity index (χ2n) is 9.94.